The fraction of sp³-hybridized carbons (Fsp3) is 0.750. The third kappa shape index (κ3) is 14.3. The van der Waals surface area contributed by atoms with Gasteiger partial charge in [-0.25, -0.2) is 4.79 Å². The lowest BCUT2D eigenvalue weighted by Crippen LogP contribution is -2.59. The molecule has 366 valence electrons. The third-order valence-electron chi connectivity index (χ3n) is 15.1. The molecule has 4 rings (SSSR count). The van der Waals surface area contributed by atoms with E-state index in [1.807, 2.05) is 58.1 Å². The minimum absolute atomic E-state index is 0.0358. The number of carbonyl (C=O) groups is 5. The number of ketones is 3. The SMILES string of the molecule is CO[C@H]1C[C@@H]2CC[C@@H](C)[C@@](O)(C2)C(=O)C(=O)N2CCCC[C@H]2C(=O)O[C@H]([C@H](C)CC2CC[C@@H](O)[C@H](OC)C2)CC(=O)[C@H](C)/C=C(\C)C(O)[C@@H](OC)C(=O)[C@H](C)C[C@H](C)/C=C/C=C/C=C/1C. The van der Waals surface area contributed by atoms with Gasteiger partial charge in [0.1, 0.15) is 35.7 Å². The predicted octanol–water partition coefficient (Wildman–Crippen LogP) is 6.84. The summed E-state index contributed by atoms with van der Waals surface area (Å²) in [7, 11) is 4.59. The van der Waals surface area contributed by atoms with E-state index in [1.54, 1.807) is 41.1 Å². The van der Waals surface area contributed by atoms with Gasteiger partial charge < -0.3 is 39.2 Å². The Kier molecular flexibility index (Phi) is 21.0. The second kappa shape index (κ2) is 25.2. The molecular formula is C52H81NO12. The number of hydrogen-bond acceptors (Lipinski definition) is 12. The molecule has 2 bridgehead atoms. The normalized spacial score (nSPS) is 40.4. The molecule has 0 aromatic carbocycles. The standard InChI is InChI=1S/C52H81NO12/c1-31-16-12-11-13-17-32(2)43(62-8)28-39-20-19-37(7)52(61,30-39)49(58)50(59)53-23-15-14-18-40(53)51(60)65-44(34(4)26-38-21-22-41(54)45(27-38)63-9)29-42(55)33(3)25-36(6)47(57)48(64-10)46(56)35(5)24-31/h11-13,16-17,25,31,33-35,37-41,43-45,47-48,54,57,61H,14-15,18-24,26-30H2,1-10H3/b13-11+,16-12+,32-17+,36-25+/t31-,33-,34-,35-,37-,38?,39+,40+,41-,43+,44+,45-,47?,48+,52+/m1/s1. The number of methoxy groups -OCH3 is 3. The van der Waals surface area contributed by atoms with Crippen LogP contribution in [0.2, 0.25) is 0 Å². The van der Waals surface area contributed by atoms with E-state index in [-0.39, 0.29) is 73.3 Å². The fourth-order valence-corrected chi connectivity index (χ4v) is 10.7. The molecule has 0 radical (unpaired) electrons. The summed E-state index contributed by atoms with van der Waals surface area (Å²) in [6.45, 7) is 13.0. The van der Waals surface area contributed by atoms with Crippen molar-refractivity contribution in [3.63, 3.8) is 0 Å². The molecule has 0 aromatic rings. The molecular weight excluding hydrogens is 831 g/mol. The zero-order valence-electron chi connectivity index (χ0n) is 40.9. The van der Waals surface area contributed by atoms with Crippen LogP contribution in [0.15, 0.2) is 47.6 Å². The highest BCUT2D eigenvalue weighted by Crippen LogP contribution is 2.41. The summed E-state index contributed by atoms with van der Waals surface area (Å²) < 4.78 is 23.3. The average Bonchev–Trinajstić information content (AvgIpc) is 3.28. The molecule has 0 spiro atoms. The topological polar surface area (TPSA) is 186 Å². The summed E-state index contributed by atoms with van der Waals surface area (Å²) in [6, 6.07) is -1.08. The maximum atomic E-state index is 14.4. The number of aliphatic hydroxyl groups is 3. The maximum Gasteiger partial charge on any atom is 0.329 e. The van der Waals surface area contributed by atoms with Gasteiger partial charge in [0.05, 0.1) is 18.3 Å². The molecule has 65 heavy (non-hydrogen) atoms. The van der Waals surface area contributed by atoms with E-state index < -0.39 is 71.5 Å². The van der Waals surface area contributed by atoms with Crippen molar-refractivity contribution in [3.8, 4) is 0 Å². The second-order valence-corrected chi connectivity index (χ2v) is 20.1. The van der Waals surface area contributed by atoms with Gasteiger partial charge >= 0.3 is 5.97 Å². The first kappa shape index (κ1) is 54.3. The minimum Gasteiger partial charge on any atom is -0.460 e. The number of ether oxygens (including phenoxy) is 4. The smallest absolute Gasteiger partial charge is 0.329 e. The van der Waals surface area contributed by atoms with Gasteiger partial charge in [0.15, 0.2) is 5.78 Å². The number of esters is 1. The number of carbonyl (C=O) groups excluding carboxylic acids is 5. The number of rotatable bonds is 6. The number of fused-ring (bicyclic) bond motifs is 3. The van der Waals surface area contributed by atoms with Crippen molar-refractivity contribution < 1.29 is 58.2 Å². The van der Waals surface area contributed by atoms with E-state index in [9.17, 15) is 39.3 Å². The predicted molar refractivity (Wildman–Crippen MR) is 248 cm³/mol. The van der Waals surface area contributed by atoms with Gasteiger partial charge in [-0.05, 0) is 132 Å². The van der Waals surface area contributed by atoms with Gasteiger partial charge in [-0.1, -0.05) is 71.1 Å². The maximum absolute atomic E-state index is 14.4. The van der Waals surface area contributed by atoms with Crippen LogP contribution >= 0.6 is 0 Å². The Bertz CT molecular complexity index is 1750. The first-order valence-electron chi connectivity index (χ1n) is 24.2. The van der Waals surface area contributed by atoms with E-state index >= 15 is 0 Å². The number of allylic oxidation sites excluding steroid dienone is 6. The lowest BCUT2D eigenvalue weighted by Gasteiger charge is -2.43. The molecule has 1 amide bonds. The van der Waals surface area contributed by atoms with Crippen molar-refractivity contribution >= 4 is 29.2 Å². The number of nitrogens with zero attached hydrogens (tertiary/aromatic N) is 1. The number of Topliss-reactive ketones (excluding diaryl/α,β-unsaturated/α-hetero) is 3. The Morgan fingerprint density at radius 3 is 2.25 bits per heavy atom. The highest BCUT2D eigenvalue weighted by molar-refractivity contribution is 6.39. The molecule has 13 nitrogen and oxygen atoms in total. The van der Waals surface area contributed by atoms with Crippen molar-refractivity contribution in [2.45, 2.75) is 180 Å². The fourth-order valence-electron chi connectivity index (χ4n) is 10.7. The molecule has 2 aliphatic carbocycles. The monoisotopic (exact) mass is 912 g/mol. The third-order valence-corrected chi connectivity index (χ3v) is 15.1. The summed E-state index contributed by atoms with van der Waals surface area (Å²) in [5, 5.41) is 34.1. The number of aliphatic hydroxyl groups excluding tert-OH is 2. The van der Waals surface area contributed by atoms with Crippen LogP contribution in [0, 0.1) is 41.4 Å². The number of piperidine rings is 1. The van der Waals surface area contributed by atoms with Crippen molar-refractivity contribution in [2.75, 3.05) is 27.9 Å². The van der Waals surface area contributed by atoms with Crippen LogP contribution in [0.4, 0.5) is 0 Å². The Balaban J connectivity index is 1.70. The van der Waals surface area contributed by atoms with E-state index in [0.717, 1.165) is 18.4 Å². The Morgan fingerprint density at radius 1 is 0.846 bits per heavy atom. The second-order valence-electron chi connectivity index (χ2n) is 20.1. The average molecular weight is 912 g/mol. The molecule has 15 atom stereocenters. The van der Waals surface area contributed by atoms with Gasteiger partial charge in [0.25, 0.3) is 11.7 Å². The van der Waals surface area contributed by atoms with Gasteiger partial charge in [-0.15, -0.1) is 0 Å². The molecule has 1 saturated heterocycles. The van der Waals surface area contributed by atoms with E-state index in [2.05, 4.69) is 0 Å². The Labute approximate surface area is 388 Å². The van der Waals surface area contributed by atoms with E-state index in [1.165, 1.54) is 12.0 Å². The van der Waals surface area contributed by atoms with Gasteiger partial charge in [0.2, 0.25) is 0 Å². The van der Waals surface area contributed by atoms with Gasteiger partial charge in [-0.2, -0.15) is 0 Å². The summed E-state index contributed by atoms with van der Waals surface area (Å²) in [5.41, 5.74) is -0.571. The Hall–Kier alpha value is -3.33. The van der Waals surface area contributed by atoms with Crippen LogP contribution in [0.5, 0.6) is 0 Å². The summed E-state index contributed by atoms with van der Waals surface area (Å²) in [4.78, 5) is 72.1. The van der Waals surface area contributed by atoms with Crippen LogP contribution in [0.25, 0.3) is 0 Å². The molecule has 2 unspecified atom stereocenters. The molecule has 3 fully saturated rings. The van der Waals surface area contributed by atoms with Crippen LogP contribution in [0.1, 0.15) is 132 Å². The van der Waals surface area contributed by atoms with Crippen molar-refractivity contribution in [2.24, 2.45) is 41.4 Å². The lowest BCUT2D eigenvalue weighted by atomic mass is 9.67. The molecule has 0 aromatic heterocycles. The first-order valence-corrected chi connectivity index (χ1v) is 24.2. The van der Waals surface area contributed by atoms with Crippen molar-refractivity contribution in [3.05, 3.63) is 47.6 Å². The van der Waals surface area contributed by atoms with Crippen LogP contribution in [-0.2, 0) is 42.9 Å². The molecule has 3 N–H and O–H groups in total. The van der Waals surface area contributed by atoms with E-state index in [0.29, 0.717) is 56.9 Å². The quantitative estimate of drug-likeness (QED) is 0.143. The van der Waals surface area contributed by atoms with Gasteiger partial charge in [-0.3, -0.25) is 19.2 Å². The highest BCUT2D eigenvalue weighted by atomic mass is 16.5. The number of cyclic esters (lactones) is 1. The molecule has 13 heteroatoms. The molecule has 2 aliphatic heterocycles. The summed E-state index contributed by atoms with van der Waals surface area (Å²) >= 11 is 0. The van der Waals surface area contributed by atoms with E-state index in [4.69, 9.17) is 18.9 Å². The van der Waals surface area contributed by atoms with Crippen LogP contribution in [0.3, 0.4) is 0 Å². The minimum atomic E-state index is -1.93. The van der Waals surface area contributed by atoms with Crippen molar-refractivity contribution in [1.82, 2.24) is 4.90 Å². The first-order chi connectivity index (χ1) is 30.7. The molecule has 2 heterocycles. The number of hydrogen-bond donors (Lipinski definition) is 3. The van der Waals surface area contributed by atoms with Crippen LogP contribution in [-0.4, -0.2) is 126 Å². The molecule has 4 aliphatic rings. The highest BCUT2D eigenvalue weighted by Gasteiger charge is 2.51. The zero-order chi connectivity index (χ0) is 48.2. The van der Waals surface area contributed by atoms with Crippen molar-refractivity contribution in [1.29, 1.82) is 0 Å². The largest absolute Gasteiger partial charge is 0.460 e. The zero-order valence-corrected chi connectivity index (χ0v) is 40.9. The summed E-state index contributed by atoms with van der Waals surface area (Å²) in [5.74, 6) is -4.93. The summed E-state index contributed by atoms with van der Waals surface area (Å²) in [6.07, 6.45) is 13.0. The lowest BCUT2D eigenvalue weighted by molar-refractivity contribution is -0.171. The molecule has 2 saturated carbocycles. The Morgan fingerprint density at radius 2 is 1.57 bits per heavy atom. The van der Waals surface area contributed by atoms with Crippen LogP contribution < -0.4 is 0 Å². The number of amides is 1. The van der Waals surface area contributed by atoms with Gasteiger partial charge in [0, 0.05) is 46.1 Å².